The third-order valence-corrected chi connectivity index (χ3v) is 4.20. The zero-order chi connectivity index (χ0) is 12.5. The monoisotopic (exact) mass is 244 g/mol. The topological polar surface area (TPSA) is 25.2 Å². The van der Waals surface area contributed by atoms with Crippen molar-refractivity contribution < 1.29 is 0 Å². The Morgan fingerprint density at radius 1 is 1.33 bits per heavy atom. The van der Waals surface area contributed by atoms with Gasteiger partial charge in [0.15, 0.2) is 0 Å². The van der Waals surface area contributed by atoms with Gasteiger partial charge < -0.3 is 9.47 Å². The van der Waals surface area contributed by atoms with E-state index in [0.29, 0.717) is 11.8 Å². The second-order valence-electron chi connectivity index (χ2n) is 5.54. The van der Waals surface area contributed by atoms with Crippen molar-refractivity contribution in [2.24, 2.45) is 5.92 Å². The van der Waals surface area contributed by atoms with Gasteiger partial charge in [-0.2, -0.15) is 0 Å². The van der Waals surface area contributed by atoms with Gasteiger partial charge in [0.1, 0.15) is 0 Å². The number of aromatic nitrogens is 1. The first kappa shape index (κ1) is 11.7. The van der Waals surface area contributed by atoms with Crippen molar-refractivity contribution in [2.45, 2.75) is 25.3 Å². The fraction of sp³-hybridized carbons (Fsp3) is 0.533. The molecule has 0 aliphatic carbocycles. The second-order valence-corrected chi connectivity index (χ2v) is 5.54. The van der Waals surface area contributed by atoms with Crippen molar-refractivity contribution in [1.82, 2.24) is 9.47 Å². The Balaban J connectivity index is 1.85. The molecule has 1 saturated heterocycles. The summed E-state index contributed by atoms with van der Waals surface area (Å²) in [4.78, 5) is 14.4. The third-order valence-electron chi connectivity index (χ3n) is 4.20. The van der Waals surface area contributed by atoms with Crippen molar-refractivity contribution in [1.29, 1.82) is 0 Å². The largest absolute Gasteiger partial charge is 0.312 e. The summed E-state index contributed by atoms with van der Waals surface area (Å²) in [5.41, 5.74) is 1.41. The number of piperidine rings is 1. The third kappa shape index (κ3) is 2.03. The van der Waals surface area contributed by atoms with E-state index >= 15 is 0 Å². The SMILES string of the molecule is C=CCCN1CC2C[C@H](C1)c1cccc(=O)n1C2. The van der Waals surface area contributed by atoms with Gasteiger partial charge in [0.25, 0.3) is 5.56 Å². The Morgan fingerprint density at radius 2 is 2.22 bits per heavy atom. The molecule has 1 aromatic heterocycles. The van der Waals surface area contributed by atoms with E-state index in [2.05, 4.69) is 17.5 Å². The molecule has 18 heavy (non-hydrogen) atoms. The summed E-state index contributed by atoms with van der Waals surface area (Å²) in [6, 6.07) is 5.70. The molecule has 3 heteroatoms. The maximum absolute atomic E-state index is 11.9. The Kier molecular flexibility index (Phi) is 3.08. The van der Waals surface area contributed by atoms with Crippen LogP contribution in [0.25, 0.3) is 0 Å². The highest BCUT2D eigenvalue weighted by Gasteiger charge is 2.33. The number of pyridine rings is 1. The number of rotatable bonds is 3. The van der Waals surface area contributed by atoms with Crippen molar-refractivity contribution >= 4 is 0 Å². The molecule has 0 amide bonds. The summed E-state index contributed by atoms with van der Waals surface area (Å²) in [7, 11) is 0. The van der Waals surface area contributed by atoms with Crippen molar-refractivity contribution in [3.05, 3.63) is 46.9 Å². The van der Waals surface area contributed by atoms with Crippen molar-refractivity contribution in [3.63, 3.8) is 0 Å². The molecule has 1 fully saturated rings. The highest BCUT2D eigenvalue weighted by molar-refractivity contribution is 5.16. The zero-order valence-corrected chi connectivity index (χ0v) is 10.7. The normalized spacial score (nSPS) is 26.7. The van der Waals surface area contributed by atoms with E-state index in [1.54, 1.807) is 6.07 Å². The summed E-state index contributed by atoms with van der Waals surface area (Å²) in [5, 5.41) is 0. The van der Waals surface area contributed by atoms with E-state index < -0.39 is 0 Å². The molecular weight excluding hydrogens is 224 g/mol. The van der Waals surface area contributed by atoms with Crippen LogP contribution in [-0.2, 0) is 6.54 Å². The lowest BCUT2D eigenvalue weighted by Gasteiger charge is -2.42. The lowest BCUT2D eigenvalue weighted by molar-refractivity contribution is 0.122. The zero-order valence-electron chi connectivity index (χ0n) is 10.7. The number of nitrogens with zero attached hydrogens (tertiary/aromatic N) is 2. The quantitative estimate of drug-likeness (QED) is 0.758. The number of hydrogen-bond acceptors (Lipinski definition) is 2. The van der Waals surface area contributed by atoms with Crippen molar-refractivity contribution in [2.75, 3.05) is 19.6 Å². The first-order valence-electron chi connectivity index (χ1n) is 6.81. The molecule has 2 atom stereocenters. The maximum atomic E-state index is 11.9. The highest BCUT2D eigenvalue weighted by Crippen LogP contribution is 2.34. The molecule has 3 rings (SSSR count). The number of hydrogen-bond donors (Lipinski definition) is 0. The van der Waals surface area contributed by atoms with Crippen LogP contribution in [0.1, 0.15) is 24.5 Å². The van der Waals surface area contributed by atoms with Gasteiger partial charge >= 0.3 is 0 Å². The predicted molar refractivity (Wildman–Crippen MR) is 72.8 cm³/mol. The van der Waals surface area contributed by atoms with Gasteiger partial charge in [0.05, 0.1) is 0 Å². The minimum absolute atomic E-state index is 0.168. The summed E-state index contributed by atoms with van der Waals surface area (Å²) in [6.07, 6.45) is 4.29. The fourth-order valence-corrected chi connectivity index (χ4v) is 3.45. The minimum atomic E-state index is 0.168. The van der Waals surface area contributed by atoms with Crippen LogP contribution in [0.2, 0.25) is 0 Å². The van der Waals surface area contributed by atoms with E-state index in [1.165, 1.54) is 12.1 Å². The van der Waals surface area contributed by atoms with E-state index in [4.69, 9.17) is 0 Å². The van der Waals surface area contributed by atoms with Gasteiger partial charge in [-0.25, -0.2) is 0 Å². The Hall–Kier alpha value is -1.35. The predicted octanol–water partition coefficient (Wildman–Crippen LogP) is 1.84. The molecule has 0 N–H and O–H groups in total. The molecule has 1 unspecified atom stereocenters. The maximum Gasteiger partial charge on any atom is 0.250 e. The van der Waals surface area contributed by atoms with Gasteiger partial charge in [-0.1, -0.05) is 12.1 Å². The van der Waals surface area contributed by atoms with E-state index in [0.717, 1.165) is 32.6 Å². The second kappa shape index (κ2) is 4.73. The Bertz CT molecular complexity index is 505. The Labute approximate surface area is 108 Å². The van der Waals surface area contributed by atoms with Gasteiger partial charge in [0, 0.05) is 43.9 Å². The Morgan fingerprint density at radius 3 is 3.06 bits per heavy atom. The summed E-state index contributed by atoms with van der Waals surface area (Å²) >= 11 is 0. The molecule has 1 aromatic rings. The van der Waals surface area contributed by atoms with Crippen molar-refractivity contribution in [3.8, 4) is 0 Å². The van der Waals surface area contributed by atoms with Crippen LogP contribution in [0.4, 0.5) is 0 Å². The molecule has 0 saturated carbocycles. The molecule has 3 nitrogen and oxygen atoms in total. The first-order chi connectivity index (χ1) is 8.78. The minimum Gasteiger partial charge on any atom is -0.312 e. The number of likely N-dealkylation sites (tertiary alicyclic amines) is 1. The van der Waals surface area contributed by atoms with Crippen LogP contribution in [-0.4, -0.2) is 29.1 Å². The molecule has 0 aromatic carbocycles. The molecular formula is C15H20N2O. The summed E-state index contributed by atoms with van der Waals surface area (Å²) < 4.78 is 1.99. The number of fused-ring (bicyclic) bond motifs is 4. The van der Waals surface area contributed by atoms with E-state index in [9.17, 15) is 4.79 Å². The van der Waals surface area contributed by atoms with Crippen LogP contribution >= 0.6 is 0 Å². The van der Waals surface area contributed by atoms with Crippen LogP contribution in [0.3, 0.4) is 0 Å². The van der Waals surface area contributed by atoms with Crippen LogP contribution < -0.4 is 5.56 Å². The lowest BCUT2D eigenvalue weighted by Crippen LogP contribution is -2.47. The molecule has 2 bridgehead atoms. The van der Waals surface area contributed by atoms with Crippen LogP contribution in [0.15, 0.2) is 35.6 Å². The van der Waals surface area contributed by atoms with E-state index in [1.807, 2.05) is 16.7 Å². The first-order valence-corrected chi connectivity index (χ1v) is 6.81. The smallest absolute Gasteiger partial charge is 0.250 e. The van der Waals surface area contributed by atoms with Gasteiger partial charge in [-0.05, 0) is 24.8 Å². The van der Waals surface area contributed by atoms with Crippen LogP contribution in [0, 0.1) is 5.92 Å². The van der Waals surface area contributed by atoms with Gasteiger partial charge in [-0.3, -0.25) is 4.79 Å². The lowest BCUT2D eigenvalue weighted by atomic mass is 9.83. The molecule has 3 heterocycles. The van der Waals surface area contributed by atoms with Gasteiger partial charge in [0.2, 0.25) is 0 Å². The molecule has 2 aliphatic rings. The highest BCUT2D eigenvalue weighted by atomic mass is 16.1. The average molecular weight is 244 g/mol. The molecule has 0 spiro atoms. The van der Waals surface area contributed by atoms with Gasteiger partial charge in [-0.15, -0.1) is 6.58 Å². The summed E-state index contributed by atoms with van der Waals surface area (Å²) in [5.74, 6) is 1.18. The van der Waals surface area contributed by atoms with E-state index in [-0.39, 0.29) is 5.56 Å². The molecule has 96 valence electrons. The van der Waals surface area contributed by atoms with Crippen LogP contribution in [0.5, 0.6) is 0 Å². The summed E-state index contributed by atoms with van der Waals surface area (Å²) in [6.45, 7) is 8.02. The standard InChI is InChI=1S/C15H20N2O/c1-2-3-7-16-9-12-8-13(11-16)14-5-4-6-15(18)17(14)10-12/h2,4-6,12-13H,1,3,7-11H2/t12?,13-/m1/s1. The molecule has 0 radical (unpaired) electrons. The molecule has 2 aliphatic heterocycles. The fourth-order valence-electron chi connectivity index (χ4n) is 3.45. The average Bonchev–Trinajstić information content (AvgIpc) is 2.38.